The van der Waals surface area contributed by atoms with Crippen LogP contribution in [0.2, 0.25) is 5.02 Å². The molecule has 0 fully saturated rings. The molecular formula is C15H14BrClN2O. The van der Waals surface area contributed by atoms with Gasteiger partial charge in [-0.1, -0.05) is 39.7 Å². The quantitative estimate of drug-likeness (QED) is 0.802. The van der Waals surface area contributed by atoms with Crippen molar-refractivity contribution in [3.8, 4) is 0 Å². The van der Waals surface area contributed by atoms with Crippen LogP contribution in [0.5, 0.6) is 0 Å². The van der Waals surface area contributed by atoms with Crippen molar-refractivity contribution >= 4 is 39.2 Å². The smallest absolute Gasteiger partial charge is 0.319 e. The SMILES string of the molecule is CC(NC(=O)Nc1ccc(Cl)cc1)c1ccc(Br)cc1. The van der Waals surface area contributed by atoms with Crippen LogP contribution in [-0.2, 0) is 0 Å². The molecule has 104 valence electrons. The van der Waals surface area contributed by atoms with E-state index in [1.165, 1.54) is 0 Å². The van der Waals surface area contributed by atoms with Gasteiger partial charge in [0, 0.05) is 15.2 Å². The number of hydrogen-bond donors (Lipinski definition) is 2. The molecule has 3 nitrogen and oxygen atoms in total. The van der Waals surface area contributed by atoms with E-state index in [9.17, 15) is 4.79 Å². The first kappa shape index (κ1) is 14.9. The van der Waals surface area contributed by atoms with Crippen molar-refractivity contribution < 1.29 is 4.79 Å². The van der Waals surface area contributed by atoms with Gasteiger partial charge in [0.25, 0.3) is 0 Å². The normalized spacial score (nSPS) is 11.8. The molecular weight excluding hydrogens is 340 g/mol. The first-order valence-electron chi connectivity index (χ1n) is 6.13. The molecule has 0 aliphatic heterocycles. The van der Waals surface area contributed by atoms with Crippen molar-refractivity contribution in [2.75, 3.05) is 5.32 Å². The highest BCUT2D eigenvalue weighted by molar-refractivity contribution is 9.10. The second-order valence-electron chi connectivity index (χ2n) is 4.38. The third-order valence-corrected chi connectivity index (χ3v) is 3.60. The summed E-state index contributed by atoms with van der Waals surface area (Å²) in [6.45, 7) is 1.94. The molecule has 0 heterocycles. The summed E-state index contributed by atoms with van der Waals surface area (Å²) in [7, 11) is 0. The summed E-state index contributed by atoms with van der Waals surface area (Å²) in [5.41, 5.74) is 1.74. The van der Waals surface area contributed by atoms with E-state index in [4.69, 9.17) is 11.6 Å². The van der Waals surface area contributed by atoms with E-state index in [0.29, 0.717) is 10.7 Å². The molecule has 0 aliphatic rings. The summed E-state index contributed by atoms with van der Waals surface area (Å²) in [4.78, 5) is 11.9. The lowest BCUT2D eigenvalue weighted by Gasteiger charge is -2.15. The van der Waals surface area contributed by atoms with Gasteiger partial charge in [-0.3, -0.25) is 0 Å². The molecule has 2 aromatic rings. The van der Waals surface area contributed by atoms with E-state index < -0.39 is 0 Å². The van der Waals surface area contributed by atoms with Gasteiger partial charge in [0.1, 0.15) is 0 Å². The summed E-state index contributed by atoms with van der Waals surface area (Å²) in [6.07, 6.45) is 0. The van der Waals surface area contributed by atoms with Crippen molar-refractivity contribution in [3.63, 3.8) is 0 Å². The standard InChI is InChI=1S/C15H14BrClN2O/c1-10(11-2-4-12(16)5-3-11)18-15(20)19-14-8-6-13(17)7-9-14/h2-10H,1H3,(H2,18,19,20). The predicted molar refractivity (Wildman–Crippen MR) is 86.2 cm³/mol. The number of rotatable bonds is 3. The Labute approximate surface area is 131 Å². The van der Waals surface area contributed by atoms with Crippen LogP contribution < -0.4 is 10.6 Å². The number of carbonyl (C=O) groups excluding carboxylic acids is 1. The lowest BCUT2D eigenvalue weighted by atomic mass is 10.1. The lowest BCUT2D eigenvalue weighted by molar-refractivity contribution is 0.249. The van der Waals surface area contributed by atoms with Crippen molar-refractivity contribution in [2.45, 2.75) is 13.0 Å². The fraction of sp³-hybridized carbons (Fsp3) is 0.133. The molecule has 2 rings (SSSR count). The van der Waals surface area contributed by atoms with E-state index >= 15 is 0 Å². The molecule has 1 atom stereocenters. The molecule has 2 amide bonds. The number of urea groups is 1. The van der Waals surface area contributed by atoms with Crippen LogP contribution in [0.3, 0.4) is 0 Å². The maximum atomic E-state index is 11.9. The molecule has 20 heavy (non-hydrogen) atoms. The van der Waals surface area contributed by atoms with Gasteiger partial charge in [-0.25, -0.2) is 4.79 Å². The summed E-state index contributed by atoms with van der Waals surface area (Å²) in [6, 6.07) is 14.5. The Morgan fingerprint density at radius 1 is 1.10 bits per heavy atom. The molecule has 1 unspecified atom stereocenters. The minimum Gasteiger partial charge on any atom is -0.331 e. The minimum atomic E-state index is -0.247. The highest BCUT2D eigenvalue weighted by Crippen LogP contribution is 2.17. The molecule has 0 saturated heterocycles. The third kappa shape index (κ3) is 4.25. The van der Waals surface area contributed by atoms with Crippen LogP contribution in [0.15, 0.2) is 53.0 Å². The molecule has 0 aliphatic carbocycles. The van der Waals surface area contributed by atoms with Gasteiger partial charge in [-0.05, 0) is 48.9 Å². The highest BCUT2D eigenvalue weighted by atomic mass is 79.9. The predicted octanol–water partition coefficient (Wildman–Crippen LogP) is 4.99. The summed E-state index contributed by atoms with van der Waals surface area (Å²) >= 11 is 9.18. The van der Waals surface area contributed by atoms with Crippen molar-refractivity contribution in [1.82, 2.24) is 5.32 Å². The molecule has 0 spiro atoms. The average molecular weight is 354 g/mol. The Hall–Kier alpha value is -1.52. The second kappa shape index (κ2) is 6.77. The first-order valence-corrected chi connectivity index (χ1v) is 7.30. The molecule has 0 saturated carbocycles. The molecule has 2 N–H and O–H groups in total. The van der Waals surface area contributed by atoms with Crippen LogP contribution in [0.25, 0.3) is 0 Å². The van der Waals surface area contributed by atoms with Crippen LogP contribution >= 0.6 is 27.5 Å². The van der Waals surface area contributed by atoms with E-state index in [1.54, 1.807) is 24.3 Å². The number of hydrogen-bond acceptors (Lipinski definition) is 1. The van der Waals surface area contributed by atoms with E-state index in [-0.39, 0.29) is 12.1 Å². The number of carbonyl (C=O) groups is 1. The second-order valence-corrected chi connectivity index (χ2v) is 5.73. The van der Waals surface area contributed by atoms with E-state index in [2.05, 4.69) is 26.6 Å². The van der Waals surface area contributed by atoms with Gasteiger partial charge in [-0.2, -0.15) is 0 Å². The highest BCUT2D eigenvalue weighted by Gasteiger charge is 2.09. The van der Waals surface area contributed by atoms with E-state index in [0.717, 1.165) is 10.0 Å². The summed E-state index contributed by atoms with van der Waals surface area (Å²) < 4.78 is 1.01. The molecule has 0 bridgehead atoms. The fourth-order valence-electron chi connectivity index (χ4n) is 1.73. The average Bonchev–Trinajstić information content (AvgIpc) is 2.42. The van der Waals surface area contributed by atoms with Crippen molar-refractivity contribution in [1.29, 1.82) is 0 Å². The largest absolute Gasteiger partial charge is 0.331 e. The Morgan fingerprint density at radius 3 is 2.30 bits per heavy atom. The Balaban J connectivity index is 1.93. The first-order chi connectivity index (χ1) is 9.54. The topological polar surface area (TPSA) is 41.1 Å². The molecule has 0 aromatic heterocycles. The van der Waals surface area contributed by atoms with Crippen LogP contribution in [0.4, 0.5) is 10.5 Å². The lowest BCUT2D eigenvalue weighted by Crippen LogP contribution is -2.31. The molecule has 2 aromatic carbocycles. The Bertz CT molecular complexity index is 584. The Morgan fingerprint density at radius 2 is 1.70 bits per heavy atom. The summed E-state index contributed by atoms with van der Waals surface area (Å²) in [5, 5.41) is 6.28. The van der Waals surface area contributed by atoms with Crippen LogP contribution in [0.1, 0.15) is 18.5 Å². The number of halogens is 2. The molecule has 0 radical (unpaired) electrons. The maximum Gasteiger partial charge on any atom is 0.319 e. The van der Waals surface area contributed by atoms with Crippen molar-refractivity contribution in [2.24, 2.45) is 0 Å². The van der Waals surface area contributed by atoms with Crippen molar-refractivity contribution in [3.05, 3.63) is 63.6 Å². The monoisotopic (exact) mass is 352 g/mol. The number of benzene rings is 2. The van der Waals surface area contributed by atoms with Gasteiger partial charge < -0.3 is 10.6 Å². The van der Waals surface area contributed by atoms with Gasteiger partial charge >= 0.3 is 6.03 Å². The fourth-order valence-corrected chi connectivity index (χ4v) is 2.12. The maximum absolute atomic E-state index is 11.9. The van der Waals surface area contributed by atoms with Gasteiger partial charge in [-0.15, -0.1) is 0 Å². The van der Waals surface area contributed by atoms with Gasteiger partial charge in [0.05, 0.1) is 6.04 Å². The zero-order valence-electron chi connectivity index (χ0n) is 10.9. The van der Waals surface area contributed by atoms with E-state index in [1.807, 2.05) is 31.2 Å². The Kier molecular flexibility index (Phi) is 5.04. The summed E-state index contributed by atoms with van der Waals surface area (Å²) in [5.74, 6) is 0. The van der Waals surface area contributed by atoms with Gasteiger partial charge in [0.15, 0.2) is 0 Å². The zero-order chi connectivity index (χ0) is 14.5. The molecule has 5 heteroatoms. The number of anilines is 1. The number of nitrogens with one attached hydrogen (secondary N) is 2. The zero-order valence-corrected chi connectivity index (χ0v) is 13.2. The van der Waals surface area contributed by atoms with Crippen LogP contribution in [0, 0.1) is 0 Å². The van der Waals surface area contributed by atoms with Crippen LogP contribution in [-0.4, -0.2) is 6.03 Å². The number of amides is 2. The third-order valence-electron chi connectivity index (χ3n) is 2.82. The van der Waals surface area contributed by atoms with Gasteiger partial charge in [0.2, 0.25) is 0 Å². The minimum absolute atomic E-state index is 0.0737.